The molecular weight excluding hydrogens is 296 g/mol. The summed E-state index contributed by atoms with van der Waals surface area (Å²) in [5.74, 6) is 0.823. The highest BCUT2D eigenvalue weighted by molar-refractivity contribution is 6.30. The lowest BCUT2D eigenvalue weighted by atomic mass is 10.1. The summed E-state index contributed by atoms with van der Waals surface area (Å²) < 4.78 is 6.01. The molecule has 0 aromatic heterocycles. The number of nitrogens with one attached hydrogen (secondary N) is 1. The zero-order chi connectivity index (χ0) is 15.2. The number of rotatable bonds is 5. The molecule has 1 unspecified atom stereocenters. The highest BCUT2D eigenvalue weighted by Crippen LogP contribution is 2.24. The Labute approximate surface area is 136 Å². The normalized spacial score (nSPS) is 17.1. The van der Waals surface area contributed by atoms with Gasteiger partial charge in [0, 0.05) is 31.2 Å². The second-order valence-electron chi connectivity index (χ2n) is 5.48. The molecule has 116 valence electrons. The summed E-state index contributed by atoms with van der Waals surface area (Å²) in [7, 11) is 0. The maximum Gasteiger partial charge on any atom is 0.120 e. The molecule has 3 rings (SSSR count). The summed E-state index contributed by atoms with van der Waals surface area (Å²) in [6.07, 6.45) is 0. The van der Waals surface area contributed by atoms with Crippen molar-refractivity contribution in [2.45, 2.75) is 6.04 Å². The van der Waals surface area contributed by atoms with Gasteiger partial charge in [0.05, 0.1) is 6.04 Å². The highest BCUT2D eigenvalue weighted by atomic mass is 35.5. The van der Waals surface area contributed by atoms with Crippen molar-refractivity contribution in [2.75, 3.05) is 32.8 Å². The fourth-order valence-corrected chi connectivity index (χ4v) is 2.99. The van der Waals surface area contributed by atoms with Gasteiger partial charge in [-0.05, 0) is 23.8 Å². The molecule has 2 aromatic rings. The van der Waals surface area contributed by atoms with E-state index in [-0.39, 0.29) is 6.04 Å². The van der Waals surface area contributed by atoms with Crippen LogP contribution >= 0.6 is 11.6 Å². The van der Waals surface area contributed by atoms with Crippen LogP contribution in [-0.2, 0) is 0 Å². The molecule has 1 aliphatic rings. The fraction of sp³-hybridized carbons (Fsp3) is 0.333. The van der Waals surface area contributed by atoms with Crippen LogP contribution in [0, 0.1) is 0 Å². The monoisotopic (exact) mass is 316 g/mol. The Morgan fingerprint density at radius 3 is 2.55 bits per heavy atom. The summed E-state index contributed by atoms with van der Waals surface area (Å²) in [5.41, 5.74) is 1.30. The lowest BCUT2D eigenvalue weighted by Crippen LogP contribution is -2.46. The maximum atomic E-state index is 6.03. The van der Waals surface area contributed by atoms with E-state index in [0.717, 1.165) is 31.9 Å². The van der Waals surface area contributed by atoms with E-state index in [1.54, 1.807) is 0 Å². The lowest BCUT2D eigenvalue weighted by molar-refractivity contribution is 0.121. The largest absolute Gasteiger partial charge is 0.492 e. The molecule has 0 amide bonds. The van der Waals surface area contributed by atoms with Crippen LogP contribution in [0.2, 0.25) is 5.02 Å². The van der Waals surface area contributed by atoms with Crippen LogP contribution in [0.25, 0.3) is 0 Å². The highest BCUT2D eigenvalue weighted by Gasteiger charge is 2.22. The number of benzene rings is 2. The zero-order valence-electron chi connectivity index (χ0n) is 12.5. The molecular formula is C18H21ClN2O. The smallest absolute Gasteiger partial charge is 0.120 e. The number of halogens is 1. The Hall–Kier alpha value is -1.55. The van der Waals surface area contributed by atoms with E-state index in [9.17, 15) is 0 Å². The maximum absolute atomic E-state index is 6.03. The lowest BCUT2D eigenvalue weighted by Gasteiger charge is -2.35. The van der Waals surface area contributed by atoms with Crippen molar-refractivity contribution in [1.82, 2.24) is 10.2 Å². The van der Waals surface area contributed by atoms with Crippen LogP contribution in [0.3, 0.4) is 0 Å². The predicted molar refractivity (Wildman–Crippen MR) is 90.6 cm³/mol. The molecule has 0 bridgehead atoms. The Balaban J connectivity index is 1.73. The SMILES string of the molecule is Clc1cccc(OCC(c2ccccc2)N2CCNCC2)c1. The molecule has 1 saturated heterocycles. The third-order valence-corrected chi connectivity index (χ3v) is 4.22. The second-order valence-corrected chi connectivity index (χ2v) is 5.92. The third kappa shape index (κ3) is 4.01. The van der Waals surface area contributed by atoms with Crippen LogP contribution in [0.5, 0.6) is 5.75 Å². The zero-order valence-corrected chi connectivity index (χ0v) is 13.3. The number of piperazine rings is 1. The molecule has 1 N–H and O–H groups in total. The van der Waals surface area contributed by atoms with Gasteiger partial charge < -0.3 is 10.1 Å². The molecule has 4 heteroatoms. The Morgan fingerprint density at radius 1 is 1.05 bits per heavy atom. The number of nitrogens with zero attached hydrogens (tertiary/aromatic N) is 1. The number of ether oxygens (including phenoxy) is 1. The fourth-order valence-electron chi connectivity index (χ4n) is 2.81. The average Bonchev–Trinajstić information content (AvgIpc) is 2.57. The van der Waals surface area contributed by atoms with E-state index in [0.29, 0.717) is 11.6 Å². The van der Waals surface area contributed by atoms with Crippen molar-refractivity contribution in [3.05, 3.63) is 65.2 Å². The van der Waals surface area contributed by atoms with E-state index in [1.165, 1.54) is 5.56 Å². The van der Waals surface area contributed by atoms with Gasteiger partial charge in [-0.25, -0.2) is 0 Å². The molecule has 0 saturated carbocycles. The first-order valence-electron chi connectivity index (χ1n) is 7.71. The summed E-state index contributed by atoms with van der Waals surface area (Å²) in [6.45, 7) is 4.77. The molecule has 1 heterocycles. The van der Waals surface area contributed by atoms with Gasteiger partial charge in [0.15, 0.2) is 0 Å². The Morgan fingerprint density at radius 2 is 1.82 bits per heavy atom. The van der Waals surface area contributed by atoms with Crippen molar-refractivity contribution in [3.8, 4) is 5.75 Å². The second kappa shape index (κ2) is 7.63. The van der Waals surface area contributed by atoms with Crippen LogP contribution in [0.4, 0.5) is 0 Å². The van der Waals surface area contributed by atoms with E-state index >= 15 is 0 Å². The first kappa shape index (κ1) is 15.3. The van der Waals surface area contributed by atoms with Crippen LogP contribution in [0.1, 0.15) is 11.6 Å². The Bertz CT molecular complexity index is 585. The van der Waals surface area contributed by atoms with E-state index in [4.69, 9.17) is 16.3 Å². The van der Waals surface area contributed by atoms with Gasteiger partial charge in [-0.15, -0.1) is 0 Å². The molecule has 22 heavy (non-hydrogen) atoms. The Kier molecular flexibility index (Phi) is 5.33. The molecule has 1 fully saturated rings. The van der Waals surface area contributed by atoms with Crippen molar-refractivity contribution >= 4 is 11.6 Å². The van der Waals surface area contributed by atoms with Crippen LogP contribution < -0.4 is 10.1 Å². The first-order chi connectivity index (χ1) is 10.8. The number of hydrogen-bond donors (Lipinski definition) is 1. The molecule has 1 atom stereocenters. The van der Waals surface area contributed by atoms with Crippen molar-refractivity contribution in [2.24, 2.45) is 0 Å². The standard InChI is InChI=1S/C18H21ClN2O/c19-16-7-4-8-17(13-16)22-14-18(15-5-2-1-3-6-15)21-11-9-20-10-12-21/h1-8,13,18,20H,9-12,14H2. The van der Waals surface area contributed by atoms with Crippen molar-refractivity contribution in [1.29, 1.82) is 0 Å². The van der Waals surface area contributed by atoms with Crippen molar-refractivity contribution < 1.29 is 4.74 Å². The van der Waals surface area contributed by atoms with Gasteiger partial charge in [0.25, 0.3) is 0 Å². The molecule has 3 nitrogen and oxygen atoms in total. The molecule has 0 aliphatic carbocycles. The van der Waals surface area contributed by atoms with Gasteiger partial charge >= 0.3 is 0 Å². The first-order valence-corrected chi connectivity index (χ1v) is 8.09. The van der Waals surface area contributed by atoms with E-state index in [2.05, 4.69) is 40.5 Å². The van der Waals surface area contributed by atoms with Crippen LogP contribution in [-0.4, -0.2) is 37.7 Å². The van der Waals surface area contributed by atoms with Gasteiger partial charge in [0.1, 0.15) is 12.4 Å². The topological polar surface area (TPSA) is 24.5 Å². The van der Waals surface area contributed by atoms with E-state index in [1.807, 2.05) is 24.3 Å². The summed E-state index contributed by atoms with van der Waals surface area (Å²) in [4.78, 5) is 2.48. The predicted octanol–water partition coefficient (Wildman–Crippen LogP) is 3.37. The molecule has 1 aliphatic heterocycles. The minimum atomic E-state index is 0.266. The average molecular weight is 317 g/mol. The summed E-state index contributed by atoms with van der Waals surface area (Å²) in [5, 5.41) is 4.11. The third-order valence-electron chi connectivity index (χ3n) is 3.98. The van der Waals surface area contributed by atoms with Gasteiger partial charge in [-0.3, -0.25) is 4.90 Å². The summed E-state index contributed by atoms with van der Waals surface area (Å²) in [6, 6.07) is 18.4. The van der Waals surface area contributed by atoms with Crippen LogP contribution in [0.15, 0.2) is 54.6 Å². The quantitative estimate of drug-likeness (QED) is 0.915. The minimum absolute atomic E-state index is 0.266. The minimum Gasteiger partial charge on any atom is -0.492 e. The number of hydrogen-bond acceptors (Lipinski definition) is 3. The van der Waals surface area contributed by atoms with Crippen molar-refractivity contribution in [3.63, 3.8) is 0 Å². The molecule has 2 aromatic carbocycles. The van der Waals surface area contributed by atoms with Gasteiger partial charge in [-0.1, -0.05) is 48.0 Å². The summed E-state index contributed by atoms with van der Waals surface area (Å²) >= 11 is 6.03. The van der Waals surface area contributed by atoms with Gasteiger partial charge in [0.2, 0.25) is 0 Å². The van der Waals surface area contributed by atoms with E-state index < -0.39 is 0 Å². The van der Waals surface area contributed by atoms with Gasteiger partial charge in [-0.2, -0.15) is 0 Å². The molecule has 0 radical (unpaired) electrons. The molecule has 0 spiro atoms.